The van der Waals surface area contributed by atoms with Gasteiger partial charge < -0.3 is 10.6 Å². The van der Waals surface area contributed by atoms with Crippen LogP contribution in [-0.4, -0.2) is 12.6 Å². The molecule has 78 valence electrons. The van der Waals surface area contributed by atoms with Gasteiger partial charge in [-0.1, -0.05) is 17.7 Å². The third-order valence-electron chi connectivity index (χ3n) is 2.36. The van der Waals surface area contributed by atoms with Gasteiger partial charge in [-0.05, 0) is 32.9 Å². The van der Waals surface area contributed by atoms with Gasteiger partial charge in [0.15, 0.2) is 0 Å². The lowest BCUT2D eigenvalue weighted by Gasteiger charge is -2.35. The Labute approximate surface area is 90.7 Å². The highest BCUT2D eigenvalue weighted by atomic mass is 35.5. The first-order chi connectivity index (χ1) is 6.34. The van der Waals surface area contributed by atoms with Crippen molar-refractivity contribution in [3.8, 4) is 0 Å². The lowest BCUT2D eigenvalue weighted by Crippen LogP contribution is -2.38. The van der Waals surface area contributed by atoms with E-state index in [4.69, 9.17) is 17.3 Å². The van der Waals surface area contributed by atoms with Crippen LogP contribution in [0.25, 0.3) is 0 Å². The molecule has 0 unspecified atom stereocenters. The SMILES string of the molecule is CN(c1c(N)cccc1Cl)C(C)(C)C. The highest BCUT2D eigenvalue weighted by Crippen LogP contribution is 2.34. The average molecular weight is 213 g/mol. The van der Waals surface area contributed by atoms with Crippen molar-refractivity contribution in [3.05, 3.63) is 23.2 Å². The van der Waals surface area contributed by atoms with Gasteiger partial charge in [0.2, 0.25) is 0 Å². The first-order valence-corrected chi connectivity index (χ1v) is 4.99. The van der Waals surface area contributed by atoms with Crippen LogP contribution in [0.15, 0.2) is 18.2 Å². The van der Waals surface area contributed by atoms with Gasteiger partial charge in [-0.2, -0.15) is 0 Å². The van der Waals surface area contributed by atoms with Crippen molar-refractivity contribution in [2.75, 3.05) is 17.7 Å². The lowest BCUT2D eigenvalue weighted by atomic mass is 10.1. The van der Waals surface area contributed by atoms with Crippen molar-refractivity contribution in [1.82, 2.24) is 0 Å². The molecule has 1 rings (SSSR count). The topological polar surface area (TPSA) is 29.3 Å². The highest BCUT2D eigenvalue weighted by molar-refractivity contribution is 6.34. The Morgan fingerprint density at radius 1 is 1.29 bits per heavy atom. The summed E-state index contributed by atoms with van der Waals surface area (Å²) in [6.45, 7) is 6.36. The molecule has 2 nitrogen and oxygen atoms in total. The quantitative estimate of drug-likeness (QED) is 0.725. The maximum Gasteiger partial charge on any atom is 0.0790 e. The molecule has 0 aromatic heterocycles. The second-order valence-corrected chi connectivity index (χ2v) is 4.81. The molecule has 0 atom stereocenters. The summed E-state index contributed by atoms with van der Waals surface area (Å²) >= 11 is 6.11. The third kappa shape index (κ3) is 2.13. The summed E-state index contributed by atoms with van der Waals surface area (Å²) in [6.07, 6.45) is 0. The lowest BCUT2D eigenvalue weighted by molar-refractivity contribution is 0.539. The predicted molar refractivity (Wildman–Crippen MR) is 64.0 cm³/mol. The third-order valence-corrected chi connectivity index (χ3v) is 2.66. The predicted octanol–water partition coefficient (Wildman–Crippen LogP) is 3.16. The zero-order chi connectivity index (χ0) is 10.9. The van der Waals surface area contributed by atoms with Crippen LogP contribution in [0, 0.1) is 0 Å². The molecule has 14 heavy (non-hydrogen) atoms. The molecule has 0 bridgehead atoms. The van der Waals surface area contributed by atoms with E-state index in [2.05, 4.69) is 25.7 Å². The van der Waals surface area contributed by atoms with Crippen molar-refractivity contribution < 1.29 is 0 Å². The highest BCUT2D eigenvalue weighted by Gasteiger charge is 2.21. The minimum Gasteiger partial charge on any atom is -0.397 e. The van der Waals surface area contributed by atoms with Crippen LogP contribution >= 0.6 is 11.6 Å². The van der Waals surface area contributed by atoms with E-state index in [0.717, 1.165) is 11.4 Å². The number of nitrogen functional groups attached to an aromatic ring is 1. The van der Waals surface area contributed by atoms with Gasteiger partial charge >= 0.3 is 0 Å². The number of hydrogen-bond donors (Lipinski definition) is 1. The van der Waals surface area contributed by atoms with Gasteiger partial charge in [0, 0.05) is 12.6 Å². The summed E-state index contributed by atoms with van der Waals surface area (Å²) in [6, 6.07) is 5.58. The zero-order valence-corrected chi connectivity index (χ0v) is 9.89. The Morgan fingerprint density at radius 2 is 1.86 bits per heavy atom. The van der Waals surface area contributed by atoms with E-state index in [1.165, 1.54) is 0 Å². The van der Waals surface area contributed by atoms with E-state index < -0.39 is 0 Å². The molecule has 0 amide bonds. The first-order valence-electron chi connectivity index (χ1n) is 4.62. The standard InChI is InChI=1S/C11H17ClN2/c1-11(2,3)14(4)10-8(12)6-5-7-9(10)13/h5-7H,13H2,1-4H3. The molecule has 0 saturated heterocycles. The van der Waals surface area contributed by atoms with Crippen LogP contribution in [0.1, 0.15) is 20.8 Å². The van der Waals surface area contributed by atoms with Gasteiger partial charge in [0.1, 0.15) is 0 Å². The molecular weight excluding hydrogens is 196 g/mol. The van der Waals surface area contributed by atoms with Crippen LogP contribution in [0.2, 0.25) is 5.02 Å². The van der Waals surface area contributed by atoms with E-state index in [9.17, 15) is 0 Å². The minimum absolute atomic E-state index is 0.0130. The second-order valence-electron chi connectivity index (χ2n) is 4.41. The number of rotatable bonds is 1. The summed E-state index contributed by atoms with van der Waals surface area (Å²) in [5.41, 5.74) is 7.53. The molecule has 0 radical (unpaired) electrons. The molecular formula is C11H17ClN2. The maximum absolute atomic E-state index is 6.11. The zero-order valence-electron chi connectivity index (χ0n) is 9.13. The number of halogens is 1. The Hall–Kier alpha value is -0.890. The molecule has 1 aromatic carbocycles. The molecule has 0 spiro atoms. The molecule has 1 aromatic rings. The number of benzene rings is 1. The van der Waals surface area contributed by atoms with Crippen molar-refractivity contribution in [1.29, 1.82) is 0 Å². The van der Waals surface area contributed by atoms with E-state index in [1.54, 1.807) is 0 Å². The smallest absolute Gasteiger partial charge is 0.0790 e. The van der Waals surface area contributed by atoms with Gasteiger partial charge in [0.25, 0.3) is 0 Å². The van der Waals surface area contributed by atoms with Gasteiger partial charge in [-0.15, -0.1) is 0 Å². The molecule has 0 aliphatic rings. The summed E-state index contributed by atoms with van der Waals surface area (Å²) in [7, 11) is 2.00. The Balaban J connectivity index is 3.19. The fourth-order valence-corrected chi connectivity index (χ4v) is 1.53. The first kappa shape index (κ1) is 11.2. The van der Waals surface area contributed by atoms with Crippen molar-refractivity contribution in [2.24, 2.45) is 0 Å². The van der Waals surface area contributed by atoms with Crippen LogP contribution in [-0.2, 0) is 0 Å². The summed E-state index contributed by atoms with van der Waals surface area (Å²) in [4.78, 5) is 2.09. The Morgan fingerprint density at radius 3 is 2.29 bits per heavy atom. The number of para-hydroxylation sites is 1. The van der Waals surface area contributed by atoms with E-state index in [1.807, 2.05) is 25.2 Å². The fourth-order valence-electron chi connectivity index (χ4n) is 1.22. The molecule has 2 N–H and O–H groups in total. The Bertz CT molecular complexity index is 308. The van der Waals surface area contributed by atoms with Crippen LogP contribution in [0.4, 0.5) is 11.4 Å². The molecule has 3 heteroatoms. The van der Waals surface area contributed by atoms with Crippen LogP contribution < -0.4 is 10.6 Å². The monoisotopic (exact) mass is 212 g/mol. The second kappa shape index (κ2) is 3.70. The van der Waals surface area contributed by atoms with E-state index in [-0.39, 0.29) is 5.54 Å². The van der Waals surface area contributed by atoms with E-state index in [0.29, 0.717) is 5.02 Å². The summed E-state index contributed by atoms with van der Waals surface area (Å²) < 4.78 is 0. The largest absolute Gasteiger partial charge is 0.397 e. The minimum atomic E-state index is 0.0130. The normalized spacial score (nSPS) is 11.5. The number of anilines is 2. The van der Waals surface area contributed by atoms with Gasteiger partial charge in [0.05, 0.1) is 16.4 Å². The van der Waals surface area contributed by atoms with Gasteiger partial charge in [-0.3, -0.25) is 0 Å². The number of nitrogens with zero attached hydrogens (tertiary/aromatic N) is 1. The number of hydrogen-bond acceptors (Lipinski definition) is 2. The molecule has 0 aliphatic heterocycles. The van der Waals surface area contributed by atoms with Crippen molar-refractivity contribution in [2.45, 2.75) is 26.3 Å². The maximum atomic E-state index is 6.11. The molecule has 0 saturated carbocycles. The van der Waals surface area contributed by atoms with Gasteiger partial charge in [-0.25, -0.2) is 0 Å². The molecule has 0 fully saturated rings. The van der Waals surface area contributed by atoms with Crippen molar-refractivity contribution in [3.63, 3.8) is 0 Å². The summed E-state index contributed by atoms with van der Waals surface area (Å²) in [5.74, 6) is 0. The molecule has 0 heterocycles. The average Bonchev–Trinajstić information content (AvgIpc) is 2.01. The Kier molecular flexibility index (Phi) is 2.95. The van der Waals surface area contributed by atoms with E-state index >= 15 is 0 Å². The van der Waals surface area contributed by atoms with Crippen molar-refractivity contribution >= 4 is 23.0 Å². The number of nitrogens with two attached hydrogens (primary N) is 1. The van der Waals surface area contributed by atoms with Crippen LogP contribution in [0.3, 0.4) is 0 Å². The van der Waals surface area contributed by atoms with Crippen LogP contribution in [0.5, 0.6) is 0 Å². The fraction of sp³-hybridized carbons (Fsp3) is 0.455. The molecule has 0 aliphatic carbocycles. The summed E-state index contributed by atoms with van der Waals surface area (Å²) in [5, 5.41) is 0.697.